The summed E-state index contributed by atoms with van der Waals surface area (Å²) in [6.07, 6.45) is 4.54. The van der Waals surface area contributed by atoms with Gasteiger partial charge >= 0.3 is 0 Å². The topological polar surface area (TPSA) is 42.0 Å². The first-order valence-electron chi connectivity index (χ1n) is 5.50. The van der Waals surface area contributed by atoms with E-state index in [1.54, 1.807) is 7.11 Å². The number of hydrogen-bond acceptors (Lipinski definition) is 3. The Kier molecular flexibility index (Phi) is 5.03. The van der Waals surface area contributed by atoms with Gasteiger partial charge in [0.05, 0.1) is 17.8 Å². The van der Waals surface area contributed by atoms with E-state index in [1.807, 2.05) is 0 Å². The molecule has 0 aromatic heterocycles. The molecule has 0 aromatic rings. The molecule has 0 saturated carbocycles. The molecule has 3 unspecified atom stereocenters. The normalized spacial score (nSPS) is 27.4. The lowest BCUT2D eigenvalue weighted by Crippen LogP contribution is -2.22. The third-order valence-electron chi connectivity index (χ3n) is 2.98. The van der Waals surface area contributed by atoms with Gasteiger partial charge in [-0.05, 0) is 26.7 Å². The molecule has 0 amide bonds. The number of aliphatic hydroxyl groups is 1. The predicted molar refractivity (Wildman–Crippen MR) is 63.2 cm³/mol. The Morgan fingerprint density at radius 1 is 1.47 bits per heavy atom. The van der Waals surface area contributed by atoms with E-state index >= 15 is 0 Å². The van der Waals surface area contributed by atoms with E-state index in [-0.39, 0.29) is 11.7 Å². The highest BCUT2D eigenvalue weighted by molar-refractivity contribution is 9.09. The highest BCUT2D eigenvalue weighted by Gasteiger charge is 2.46. The summed E-state index contributed by atoms with van der Waals surface area (Å²) < 4.78 is 10.6. The third-order valence-corrected chi connectivity index (χ3v) is 3.57. The Hall–Kier alpha value is 0.360. The third kappa shape index (κ3) is 4.39. The van der Waals surface area contributed by atoms with Crippen molar-refractivity contribution in [1.29, 1.82) is 0 Å². The zero-order valence-electron chi connectivity index (χ0n) is 9.70. The van der Waals surface area contributed by atoms with Crippen molar-refractivity contribution in [2.75, 3.05) is 7.11 Å². The second-order valence-corrected chi connectivity index (χ2v) is 5.58. The zero-order valence-corrected chi connectivity index (χ0v) is 11.3. The van der Waals surface area contributed by atoms with Gasteiger partial charge in [-0.2, -0.15) is 0 Å². The first kappa shape index (κ1) is 13.4. The fourth-order valence-corrected chi connectivity index (χ4v) is 2.26. The van der Waals surface area contributed by atoms with Crippen molar-refractivity contribution < 1.29 is 14.6 Å². The molecule has 1 N–H and O–H groups in total. The quantitative estimate of drug-likeness (QED) is 0.443. The maximum atomic E-state index is 9.28. The summed E-state index contributed by atoms with van der Waals surface area (Å²) in [5, 5.41) is 8.72. The monoisotopic (exact) mass is 280 g/mol. The van der Waals surface area contributed by atoms with Crippen LogP contribution in [-0.4, -0.2) is 35.0 Å². The van der Waals surface area contributed by atoms with Crippen molar-refractivity contribution in [3.05, 3.63) is 0 Å². The standard InChI is InChI=1S/C11H21BrO3/c1-11(2)9(15-11)7-5-4-6-8(14-3)10(12)13/h8-10,13H,4-7H2,1-3H3. The van der Waals surface area contributed by atoms with Crippen LogP contribution in [0.4, 0.5) is 0 Å². The maximum absolute atomic E-state index is 9.28. The SMILES string of the molecule is COC(CCCCC1OC1(C)C)C(O)Br. The minimum absolute atomic E-state index is 0.0990. The van der Waals surface area contributed by atoms with Crippen LogP contribution in [0.15, 0.2) is 0 Å². The molecule has 1 rings (SSSR count). The second-order valence-electron chi connectivity index (χ2n) is 4.64. The molecule has 1 saturated heterocycles. The number of halogens is 1. The summed E-state index contributed by atoms with van der Waals surface area (Å²) in [6.45, 7) is 4.25. The van der Waals surface area contributed by atoms with Gasteiger partial charge in [0, 0.05) is 7.11 Å². The molecule has 4 heteroatoms. The van der Waals surface area contributed by atoms with Crippen molar-refractivity contribution in [3.63, 3.8) is 0 Å². The molecule has 0 spiro atoms. The highest BCUT2D eigenvalue weighted by atomic mass is 79.9. The van der Waals surface area contributed by atoms with Crippen LogP contribution in [0, 0.1) is 0 Å². The van der Waals surface area contributed by atoms with Crippen LogP contribution in [0.2, 0.25) is 0 Å². The van der Waals surface area contributed by atoms with Crippen LogP contribution in [-0.2, 0) is 9.47 Å². The van der Waals surface area contributed by atoms with E-state index in [4.69, 9.17) is 9.47 Å². The maximum Gasteiger partial charge on any atom is 0.135 e. The first-order valence-corrected chi connectivity index (χ1v) is 6.41. The Labute approximate surface area is 100 Å². The number of unbranched alkanes of at least 4 members (excludes halogenated alkanes) is 1. The summed E-state index contributed by atoms with van der Waals surface area (Å²) in [7, 11) is 1.63. The van der Waals surface area contributed by atoms with Gasteiger partial charge in [0.1, 0.15) is 5.01 Å². The van der Waals surface area contributed by atoms with Crippen LogP contribution >= 0.6 is 15.9 Å². The number of alkyl halides is 1. The molecule has 3 atom stereocenters. The van der Waals surface area contributed by atoms with Crippen LogP contribution < -0.4 is 0 Å². The van der Waals surface area contributed by atoms with Gasteiger partial charge in [-0.25, -0.2) is 0 Å². The van der Waals surface area contributed by atoms with Crippen LogP contribution in [0.5, 0.6) is 0 Å². The Morgan fingerprint density at radius 2 is 2.07 bits per heavy atom. The fraction of sp³-hybridized carbons (Fsp3) is 1.00. The average molecular weight is 281 g/mol. The smallest absolute Gasteiger partial charge is 0.135 e. The van der Waals surface area contributed by atoms with Gasteiger partial charge in [-0.3, -0.25) is 0 Å². The fourth-order valence-electron chi connectivity index (χ4n) is 1.78. The summed E-state index contributed by atoms with van der Waals surface area (Å²) in [5.41, 5.74) is 0.107. The van der Waals surface area contributed by atoms with E-state index < -0.39 is 5.01 Å². The summed E-state index contributed by atoms with van der Waals surface area (Å²) in [6, 6.07) is 0. The highest BCUT2D eigenvalue weighted by Crippen LogP contribution is 2.38. The van der Waals surface area contributed by atoms with E-state index in [0.29, 0.717) is 6.10 Å². The molecule has 1 fully saturated rings. The largest absolute Gasteiger partial charge is 0.379 e. The van der Waals surface area contributed by atoms with E-state index in [2.05, 4.69) is 29.8 Å². The zero-order chi connectivity index (χ0) is 11.5. The lowest BCUT2D eigenvalue weighted by atomic mass is 10.0. The van der Waals surface area contributed by atoms with Gasteiger partial charge in [-0.15, -0.1) is 0 Å². The van der Waals surface area contributed by atoms with Crippen molar-refractivity contribution in [1.82, 2.24) is 0 Å². The molecule has 0 aliphatic carbocycles. The minimum Gasteiger partial charge on any atom is -0.379 e. The van der Waals surface area contributed by atoms with Crippen molar-refractivity contribution >= 4 is 15.9 Å². The summed E-state index contributed by atoms with van der Waals surface area (Å²) >= 11 is 3.12. The number of aliphatic hydroxyl groups excluding tert-OH is 1. The number of epoxide rings is 1. The Balaban J connectivity index is 2.01. The average Bonchev–Trinajstić information content (AvgIpc) is 2.73. The number of methoxy groups -OCH3 is 1. The lowest BCUT2D eigenvalue weighted by Gasteiger charge is -2.16. The molecule has 90 valence electrons. The second kappa shape index (κ2) is 5.62. The van der Waals surface area contributed by atoms with E-state index in [0.717, 1.165) is 25.7 Å². The van der Waals surface area contributed by atoms with Gasteiger partial charge in [0.25, 0.3) is 0 Å². The van der Waals surface area contributed by atoms with Crippen molar-refractivity contribution in [3.8, 4) is 0 Å². The molecule has 15 heavy (non-hydrogen) atoms. The van der Waals surface area contributed by atoms with Crippen LogP contribution in [0.1, 0.15) is 39.5 Å². The molecular weight excluding hydrogens is 260 g/mol. The molecule has 3 nitrogen and oxygen atoms in total. The molecule has 1 heterocycles. The number of rotatable bonds is 7. The molecule has 0 radical (unpaired) electrons. The van der Waals surface area contributed by atoms with Gasteiger partial charge < -0.3 is 14.6 Å². The molecule has 1 aliphatic heterocycles. The summed E-state index contributed by atoms with van der Waals surface area (Å²) in [5.74, 6) is 0. The predicted octanol–water partition coefficient (Wildman–Crippen LogP) is 2.45. The van der Waals surface area contributed by atoms with Gasteiger partial charge in [-0.1, -0.05) is 28.8 Å². The van der Waals surface area contributed by atoms with Crippen molar-refractivity contribution in [2.24, 2.45) is 0 Å². The molecular formula is C11H21BrO3. The first-order chi connectivity index (χ1) is 6.97. The Bertz CT molecular complexity index is 194. The molecule has 0 aromatic carbocycles. The number of hydrogen-bond donors (Lipinski definition) is 1. The number of ether oxygens (including phenoxy) is 2. The Morgan fingerprint density at radius 3 is 2.47 bits per heavy atom. The summed E-state index contributed by atoms with van der Waals surface area (Å²) in [4.78, 5) is 0. The molecule has 1 aliphatic rings. The van der Waals surface area contributed by atoms with Gasteiger partial charge in [0.2, 0.25) is 0 Å². The van der Waals surface area contributed by atoms with Crippen molar-refractivity contribution in [2.45, 2.75) is 62.4 Å². The van der Waals surface area contributed by atoms with E-state index in [1.165, 1.54) is 0 Å². The van der Waals surface area contributed by atoms with Crippen LogP contribution in [0.25, 0.3) is 0 Å². The van der Waals surface area contributed by atoms with E-state index in [9.17, 15) is 5.11 Å². The molecule has 0 bridgehead atoms. The van der Waals surface area contributed by atoms with Crippen LogP contribution in [0.3, 0.4) is 0 Å². The minimum atomic E-state index is -0.559. The van der Waals surface area contributed by atoms with Gasteiger partial charge in [0.15, 0.2) is 0 Å². The lowest BCUT2D eigenvalue weighted by molar-refractivity contribution is 0.0278.